The number of nitrogens with one attached hydrogen (secondary N) is 3. The third kappa shape index (κ3) is 3.84. The molecule has 0 fully saturated rings. The van der Waals surface area contributed by atoms with Gasteiger partial charge in [0, 0.05) is 11.8 Å². The van der Waals surface area contributed by atoms with Crippen LogP contribution in [0.3, 0.4) is 0 Å². The van der Waals surface area contributed by atoms with E-state index in [1.165, 1.54) is 18.2 Å². The summed E-state index contributed by atoms with van der Waals surface area (Å²) >= 11 is 0. The van der Waals surface area contributed by atoms with Crippen LogP contribution in [-0.4, -0.2) is 31.7 Å². The number of benzene rings is 1. The number of carbonyl (C=O) groups excluding carboxylic acids is 1. The van der Waals surface area contributed by atoms with Crippen LogP contribution in [0.4, 0.5) is 18.9 Å². The van der Waals surface area contributed by atoms with E-state index in [1.807, 2.05) is 10.3 Å². The maximum absolute atomic E-state index is 12.7. The van der Waals surface area contributed by atoms with Crippen LogP contribution in [0.1, 0.15) is 11.1 Å². The van der Waals surface area contributed by atoms with Gasteiger partial charge in [0.15, 0.2) is 0 Å². The zero-order valence-electron chi connectivity index (χ0n) is 13.3. The van der Waals surface area contributed by atoms with Gasteiger partial charge in [0.05, 0.1) is 10.5 Å². The summed E-state index contributed by atoms with van der Waals surface area (Å²) in [5.41, 5.74) is -2.39. The number of pyridine rings is 1. The Morgan fingerprint density at radius 1 is 1.22 bits per heavy atom. The minimum Gasteiger partial charge on any atom is -0.327 e. The minimum atomic E-state index is -4.70. The SMILES string of the molecule is O=C(CN=C1NS(=O)(=O)c2ccccc21)Nc1cc(C(F)(F)F)c[nH]c1=O. The molecule has 3 rings (SSSR count). The molecule has 0 saturated carbocycles. The van der Waals surface area contributed by atoms with E-state index >= 15 is 0 Å². The van der Waals surface area contributed by atoms with Crippen molar-refractivity contribution in [1.82, 2.24) is 9.71 Å². The smallest absolute Gasteiger partial charge is 0.327 e. The third-order valence-electron chi connectivity index (χ3n) is 3.55. The van der Waals surface area contributed by atoms with Gasteiger partial charge in [-0.2, -0.15) is 13.2 Å². The molecule has 142 valence electrons. The summed E-state index contributed by atoms with van der Waals surface area (Å²) in [6.07, 6.45) is -4.21. The molecule has 0 saturated heterocycles. The molecule has 0 radical (unpaired) electrons. The summed E-state index contributed by atoms with van der Waals surface area (Å²) in [6, 6.07) is 6.45. The van der Waals surface area contributed by atoms with Crippen LogP contribution in [0.5, 0.6) is 0 Å². The number of nitrogens with zero attached hydrogens (tertiary/aromatic N) is 1. The molecule has 2 aromatic rings. The molecular formula is C15H11F3N4O4S. The summed E-state index contributed by atoms with van der Waals surface area (Å²) in [6.45, 7) is -0.609. The first-order valence-corrected chi connectivity index (χ1v) is 8.83. The van der Waals surface area contributed by atoms with Gasteiger partial charge >= 0.3 is 6.18 Å². The highest BCUT2D eigenvalue weighted by Gasteiger charge is 2.32. The maximum Gasteiger partial charge on any atom is 0.417 e. The van der Waals surface area contributed by atoms with Crippen molar-refractivity contribution < 1.29 is 26.4 Å². The van der Waals surface area contributed by atoms with Crippen LogP contribution in [0, 0.1) is 0 Å². The molecule has 1 aliphatic heterocycles. The van der Waals surface area contributed by atoms with Gasteiger partial charge < -0.3 is 10.3 Å². The van der Waals surface area contributed by atoms with E-state index < -0.39 is 45.5 Å². The van der Waals surface area contributed by atoms with Crippen LogP contribution in [0.2, 0.25) is 0 Å². The van der Waals surface area contributed by atoms with Gasteiger partial charge in [-0.15, -0.1) is 0 Å². The Kier molecular flexibility index (Phi) is 4.51. The van der Waals surface area contributed by atoms with E-state index in [0.717, 1.165) is 0 Å². The Hall–Kier alpha value is -3.15. The van der Waals surface area contributed by atoms with Gasteiger partial charge in [0.25, 0.3) is 15.6 Å². The van der Waals surface area contributed by atoms with Gasteiger partial charge in [0.2, 0.25) is 5.91 Å². The first-order chi connectivity index (χ1) is 12.6. The summed E-state index contributed by atoms with van der Waals surface area (Å²) in [5.74, 6) is -0.963. The molecule has 1 aliphatic rings. The minimum absolute atomic E-state index is 0.00141. The molecule has 27 heavy (non-hydrogen) atoms. The number of H-pyrrole nitrogens is 1. The zero-order chi connectivity index (χ0) is 19.8. The lowest BCUT2D eigenvalue weighted by Gasteiger charge is -2.08. The monoisotopic (exact) mass is 400 g/mol. The molecule has 0 atom stereocenters. The molecule has 1 amide bonds. The van der Waals surface area contributed by atoms with Crippen molar-refractivity contribution in [1.29, 1.82) is 0 Å². The summed E-state index contributed by atoms with van der Waals surface area (Å²) in [7, 11) is -3.78. The summed E-state index contributed by atoms with van der Waals surface area (Å²) in [4.78, 5) is 29.2. The van der Waals surface area contributed by atoms with E-state index in [9.17, 15) is 31.2 Å². The topological polar surface area (TPSA) is 120 Å². The van der Waals surface area contributed by atoms with E-state index in [2.05, 4.69) is 9.71 Å². The fourth-order valence-electron chi connectivity index (χ4n) is 2.33. The Labute approximate surface area is 150 Å². The fourth-order valence-corrected chi connectivity index (χ4v) is 3.58. The number of hydrogen-bond acceptors (Lipinski definition) is 5. The largest absolute Gasteiger partial charge is 0.417 e. The molecular weight excluding hydrogens is 389 g/mol. The van der Waals surface area contributed by atoms with Crippen LogP contribution in [-0.2, 0) is 21.0 Å². The van der Waals surface area contributed by atoms with Crippen molar-refractivity contribution in [2.75, 3.05) is 11.9 Å². The van der Waals surface area contributed by atoms with Crippen LogP contribution in [0.25, 0.3) is 0 Å². The highest BCUT2D eigenvalue weighted by atomic mass is 32.2. The van der Waals surface area contributed by atoms with E-state index in [1.54, 1.807) is 6.07 Å². The molecule has 0 spiro atoms. The Morgan fingerprint density at radius 2 is 1.93 bits per heavy atom. The van der Waals surface area contributed by atoms with Gasteiger partial charge in [-0.3, -0.25) is 19.3 Å². The number of amidine groups is 1. The lowest BCUT2D eigenvalue weighted by atomic mass is 10.2. The first-order valence-electron chi connectivity index (χ1n) is 7.34. The number of anilines is 1. The number of fused-ring (bicyclic) bond motifs is 1. The molecule has 1 aromatic carbocycles. The van der Waals surface area contributed by atoms with Crippen molar-refractivity contribution >= 4 is 27.5 Å². The number of carbonyl (C=O) groups is 1. The molecule has 0 unspecified atom stereocenters. The number of amides is 1. The number of alkyl halides is 3. The number of sulfonamides is 1. The molecule has 0 aliphatic carbocycles. The quantitative estimate of drug-likeness (QED) is 0.714. The van der Waals surface area contributed by atoms with E-state index in [0.29, 0.717) is 12.3 Å². The molecule has 1 aromatic heterocycles. The second kappa shape index (κ2) is 6.54. The number of hydrogen-bond donors (Lipinski definition) is 3. The van der Waals surface area contributed by atoms with Gasteiger partial charge in [0.1, 0.15) is 18.1 Å². The second-order valence-electron chi connectivity index (χ2n) is 5.44. The Bertz CT molecular complexity index is 1110. The molecule has 8 nitrogen and oxygen atoms in total. The molecule has 3 N–H and O–H groups in total. The van der Waals surface area contributed by atoms with Crippen molar-refractivity contribution in [2.24, 2.45) is 4.99 Å². The van der Waals surface area contributed by atoms with Crippen LogP contribution >= 0.6 is 0 Å². The number of rotatable bonds is 3. The zero-order valence-corrected chi connectivity index (χ0v) is 14.1. The van der Waals surface area contributed by atoms with Crippen molar-refractivity contribution in [3.63, 3.8) is 0 Å². The number of halogens is 3. The number of aromatic nitrogens is 1. The van der Waals surface area contributed by atoms with E-state index in [-0.39, 0.29) is 16.3 Å². The molecule has 0 bridgehead atoms. The van der Waals surface area contributed by atoms with Gasteiger partial charge in [-0.05, 0) is 18.2 Å². The summed E-state index contributed by atoms with van der Waals surface area (Å²) < 4.78 is 64.1. The van der Waals surface area contributed by atoms with Crippen molar-refractivity contribution in [2.45, 2.75) is 11.1 Å². The first kappa shape index (κ1) is 18.6. The average molecular weight is 400 g/mol. The van der Waals surface area contributed by atoms with E-state index in [4.69, 9.17) is 0 Å². The lowest BCUT2D eigenvalue weighted by molar-refractivity contribution is -0.137. The predicted octanol–water partition coefficient (Wildman–Crippen LogP) is 1.07. The normalized spacial score (nSPS) is 16.6. The molecule has 12 heteroatoms. The Morgan fingerprint density at radius 3 is 2.63 bits per heavy atom. The van der Waals surface area contributed by atoms with Gasteiger partial charge in [-0.1, -0.05) is 12.1 Å². The van der Waals surface area contributed by atoms with Crippen molar-refractivity contribution in [3.05, 3.63) is 58.0 Å². The highest BCUT2D eigenvalue weighted by Crippen LogP contribution is 2.29. The van der Waals surface area contributed by atoms with Crippen LogP contribution < -0.4 is 15.6 Å². The standard InChI is InChI=1S/C15H11F3N4O4S/c16-15(17,18)8-5-10(14(24)20-6-8)21-12(23)7-19-13-9-3-1-2-4-11(9)27(25,26)22-13/h1-6H,7H2,(H,19,22)(H,20,24)(H,21,23). The van der Waals surface area contributed by atoms with Crippen molar-refractivity contribution in [3.8, 4) is 0 Å². The molecule has 2 heterocycles. The summed E-state index contributed by atoms with van der Waals surface area (Å²) in [5, 5.41) is 2.02. The van der Waals surface area contributed by atoms with Gasteiger partial charge in [-0.25, -0.2) is 8.42 Å². The third-order valence-corrected chi connectivity index (χ3v) is 4.95. The number of aliphatic imine (C=N–C) groups is 1. The average Bonchev–Trinajstić information content (AvgIpc) is 2.85. The lowest BCUT2D eigenvalue weighted by Crippen LogP contribution is -2.26. The highest BCUT2D eigenvalue weighted by molar-refractivity contribution is 7.90. The maximum atomic E-state index is 12.7. The number of aromatic amines is 1. The second-order valence-corrected chi connectivity index (χ2v) is 7.09. The Balaban J connectivity index is 1.79. The van der Waals surface area contributed by atoms with Crippen LogP contribution in [0.15, 0.2) is 51.2 Å². The predicted molar refractivity (Wildman–Crippen MR) is 88.9 cm³/mol. The fraction of sp³-hybridized carbons (Fsp3) is 0.133.